The number of carbonyl (C=O) groups is 2. The number of hydrogen-bond donors (Lipinski definition) is 1. The average Bonchev–Trinajstić information content (AvgIpc) is 2.71. The zero-order chi connectivity index (χ0) is 17.1. The Hall–Kier alpha value is -2.21. The zero-order valence-corrected chi connectivity index (χ0v) is 14.6. The number of nitrogens with zero attached hydrogens (tertiary/aromatic N) is 2. The number of Topliss-reactive ketones (excluding diaryl/α,β-unsaturated/α-hetero) is 1. The summed E-state index contributed by atoms with van der Waals surface area (Å²) >= 11 is 1.42. The Balaban J connectivity index is 1.71. The lowest BCUT2D eigenvalue weighted by Crippen LogP contribution is -2.10. The molecule has 24 heavy (non-hydrogen) atoms. The van der Waals surface area contributed by atoms with Gasteiger partial charge in [0.25, 0.3) is 0 Å². The summed E-state index contributed by atoms with van der Waals surface area (Å²) in [6, 6.07) is 7.40. The molecule has 0 saturated heterocycles. The van der Waals surface area contributed by atoms with Crippen molar-refractivity contribution >= 4 is 29.1 Å². The monoisotopic (exact) mass is 341 g/mol. The van der Waals surface area contributed by atoms with Gasteiger partial charge < -0.3 is 5.32 Å². The van der Waals surface area contributed by atoms with E-state index in [1.54, 1.807) is 6.07 Å². The van der Waals surface area contributed by atoms with Crippen molar-refractivity contribution in [3.8, 4) is 0 Å². The first-order valence-electron chi connectivity index (χ1n) is 7.92. The van der Waals surface area contributed by atoms with Crippen LogP contribution in [0.4, 0.5) is 5.69 Å². The summed E-state index contributed by atoms with van der Waals surface area (Å²) in [7, 11) is 0. The van der Waals surface area contributed by atoms with E-state index in [1.165, 1.54) is 11.8 Å². The number of carbonyl (C=O) groups excluding carboxylic acids is 2. The van der Waals surface area contributed by atoms with Gasteiger partial charge in [0.15, 0.2) is 5.78 Å². The molecule has 1 aromatic carbocycles. The molecule has 0 unspecified atom stereocenters. The van der Waals surface area contributed by atoms with Crippen LogP contribution in [0.15, 0.2) is 29.3 Å². The quantitative estimate of drug-likeness (QED) is 0.524. The summed E-state index contributed by atoms with van der Waals surface area (Å²) in [5, 5.41) is 3.70. The minimum absolute atomic E-state index is 0.0397. The minimum Gasteiger partial charge on any atom is -0.326 e. The number of hydrogen-bond acceptors (Lipinski definition) is 5. The van der Waals surface area contributed by atoms with Gasteiger partial charge in [0.05, 0.1) is 5.75 Å². The molecule has 0 fully saturated rings. The van der Waals surface area contributed by atoms with Crippen LogP contribution in [0.1, 0.15) is 40.3 Å². The van der Waals surface area contributed by atoms with E-state index in [0.29, 0.717) is 23.6 Å². The Bertz CT molecular complexity index is 785. The van der Waals surface area contributed by atoms with E-state index in [-0.39, 0.29) is 11.7 Å². The second-order valence-corrected chi connectivity index (χ2v) is 6.88. The van der Waals surface area contributed by atoms with E-state index in [2.05, 4.69) is 15.3 Å². The van der Waals surface area contributed by atoms with Crippen molar-refractivity contribution in [1.82, 2.24) is 9.97 Å². The highest BCUT2D eigenvalue weighted by Crippen LogP contribution is 2.25. The Morgan fingerprint density at radius 3 is 2.83 bits per heavy atom. The smallest absolute Gasteiger partial charge is 0.224 e. The Morgan fingerprint density at radius 1 is 1.21 bits per heavy atom. The van der Waals surface area contributed by atoms with Crippen LogP contribution >= 0.6 is 11.8 Å². The molecule has 1 aliphatic heterocycles. The maximum Gasteiger partial charge on any atom is 0.224 e. The van der Waals surface area contributed by atoms with Crippen molar-refractivity contribution in [3.05, 3.63) is 46.9 Å². The fraction of sp³-hybridized carbons (Fsp3) is 0.333. The third kappa shape index (κ3) is 4.00. The van der Waals surface area contributed by atoms with Crippen molar-refractivity contribution in [1.29, 1.82) is 0 Å². The van der Waals surface area contributed by atoms with Gasteiger partial charge in [-0.25, -0.2) is 9.97 Å². The number of nitrogens with one attached hydrogen (secondary N) is 1. The Kier molecular flexibility index (Phi) is 4.94. The summed E-state index contributed by atoms with van der Waals surface area (Å²) in [6.45, 7) is 3.76. The van der Waals surface area contributed by atoms with Crippen LogP contribution in [0, 0.1) is 13.8 Å². The molecule has 5 nitrogen and oxygen atoms in total. The lowest BCUT2D eigenvalue weighted by atomic mass is 10.0. The van der Waals surface area contributed by atoms with Gasteiger partial charge >= 0.3 is 0 Å². The molecule has 0 bridgehead atoms. The van der Waals surface area contributed by atoms with Crippen molar-refractivity contribution in [2.75, 3.05) is 11.1 Å². The maximum absolute atomic E-state index is 12.5. The normalized spacial score (nSPS) is 13.8. The van der Waals surface area contributed by atoms with E-state index < -0.39 is 0 Å². The fourth-order valence-electron chi connectivity index (χ4n) is 2.73. The average molecular weight is 341 g/mol. The van der Waals surface area contributed by atoms with E-state index in [4.69, 9.17) is 0 Å². The Labute approximate surface area is 145 Å². The number of fused-ring (bicyclic) bond motifs is 1. The molecule has 1 amide bonds. The summed E-state index contributed by atoms with van der Waals surface area (Å²) < 4.78 is 0. The lowest BCUT2D eigenvalue weighted by molar-refractivity contribution is -0.116. The first-order chi connectivity index (χ1) is 11.5. The van der Waals surface area contributed by atoms with Crippen LogP contribution in [0.3, 0.4) is 0 Å². The van der Waals surface area contributed by atoms with Gasteiger partial charge in [0, 0.05) is 23.4 Å². The zero-order valence-electron chi connectivity index (χ0n) is 13.8. The second kappa shape index (κ2) is 7.13. The van der Waals surface area contributed by atoms with Crippen molar-refractivity contribution in [3.63, 3.8) is 0 Å². The van der Waals surface area contributed by atoms with Crippen molar-refractivity contribution < 1.29 is 9.59 Å². The Morgan fingerprint density at radius 2 is 2.04 bits per heavy atom. The highest BCUT2D eigenvalue weighted by molar-refractivity contribution is 7.99. The van der Waals surface area contributed by atoms with E-state index in [0.717, 1.165) is 34.8 Å². The third-order valence-electron chi connectivity index (χ3n) is 3.84. The van der Waals surface area contributed by atoms with Gasteiger partial charge in [-0.15, -0.1) is 0 Å². The number of anilines is 1. The summed E-state index contributed by atoms with van der Waals surface area (Å²) in [4.78, 5) is 32.6. The van der Waals surface area contributed by atoms with Gasteiger partial charge in [-0.1, -0.05) is 11.8 Å². The minimum atomic E-state index is 0.0397. The maximum atomic E-state index is 12.5. The molecule has 6 heteroatoms. The molecule has 124 valence electrons. The largest absolute Gasteiger partial charge is 0.326 e. The molecule has 0 spiro atoms. The van der Waals surface area contributed by atoms with Gasteiger partial charge in [-0.05, 0) is 56.5 Å². The molecule has 0 radical (unpaired) electrons. The van der Waals surface area contributed by atoms with Crippen LogP contribution in [-0.2, 0) is 11.2 Å². The van der Waals surface area contributed by atoms with E-state index in [1.807, 2.05) is 32.0 Å². The first kappa shape index (κ1) is 16.6. The molecule has 2 aromatic rings. The van der Waals surface area contributed by atoms with Gasteiger partial charge in [0.1, 0.15) is 10.9 Å². The SMILES string of the molecule is Cc1cc(SCC(=O)c2ccc3c(c2)CCCC(=O)N3)nc(C)n1. The number of thioether (sulfide) groups is 1. The third-order valence-corrected chi connectivity index (χ3v) is 4.76. The highest BCUT2D eigenvalue weighted by Gasteiger charge is 2.15. The molecule has 1 N–H and O–H groups in total. The number of rotatable bonds is 4. The first-order valence-corrected chi connectivity index (χ1v) is 8.91. The van der Waals surface area contributed by atoms with Crippen LogP contribution in [0.25, 0.3) is 0 Å². The summed E-state index contributed by atoms with van der Waals surface area (Å²) in [5.41, 5.74) is 3.44. The van der Waals surface area contributed by atoms with E-state index in [9.17, 15) is 9.59 Å². The standard InChI is InChI=1S/C18H19N3O2S/c1-11-8-18(20-12(2)19-11)24-10-16(22)14-6-7-15-13(9-14)4-3-5-17(23)21-15/h6-9H,3-5,10H2,1-2H3,(H,21,23). The van der Waals surface area contributed by atoms with Crippen LogP contribution in [-0.4, -0.2) is 27.4 Å². The van der Waals surface area contributed by atoms with Gasteiger partial charge in [0.2, 0.25) is 5.91 Å². The number of benzene rings is 1. The lowest BCUT2D eigenvalue weighted by Gasteiger charge is -2.09. The van der Waals surface area contributed by atoms with E-state index >= 15 is 0 Å². The fourth-order valence-corrected chi connectivity index (χ4v) is 3.62. The second-order valence-electron chi connectivity index (χ2n) is 5.88. The van der Waals surface area contributed by atoms with Crippen LogP contribution in [0.5, 0.6) is 0 Å². The molecule has 1 aliphatic rings. The van der Waals surface area contributed by atoms with Crippen molar-refractivity contribution in [2.24, 2.45) is 0 Å². The van der Waals surface area contributed by atoms with Crippen LogP contribution in [0.2, 0.25) is 0 Å². The number of aromatic nitrogens is 2. The molecule has 0 atom stereocenters. The van der Waals surface area contributed by atoms with Gasteiger partial charge in [-0.3, -0.25) is 9.59 Å². The number of ketones is 1. The summed E-state index contributed by atoms with van der Waals surface area (Å²) in [5.74, 6) is 1.15. The highest BCUT2D eigenvalue weighted by atomic mass is 32.2. The molecular formula is C18H19N3O2S. The predicted molar refractivity (Wildman–Crippen MR) is 94.6 cm³/mol. The van der Waals surface area contributed by atoms with Gasteiger partial charge in [-0.2, -0.15) is 0 Å². The topological polar surface area (TPSA) is 72.0 Å². The number of aryl methyl sites for hydroxylation is 3. The van der Waals surface area contributed by atoms with Crippen LogP contribution < -0.4 is 5.32 Å². The summed E-state index contributed by atoms with van der Waals surface area (Å²) in [6.07, 6.45) is 2.15. The molecule has 2 heterocycles. The predicted octanol–water partition coefficient (Wildman–Crippen LogP) is 3.34. The molecule has 3 rings (SSSR count). The van der Waals surface area contributed by atoms with Crippen molar-refractivity contribution in [2.45, 2.75) is 38.1 Å². The molecular weight excluding hydrogens is 322 g/mol. The number of amides is 1. The molecule has 0 aliphatic carbocycles. The molecule has 1 aromatic heterocycles. The molecule has 0 saturated carbocycles.